The molecule has 1 aromatic heterocycles. The van der Waals surface area contributed by atoms with Crippen molar-refractivity contribution in [2.45, 2.75) is 59.3 Å². The second-order valence-corrected chi connectivity index (χ2v) is 4.74. The normalized spacial score (nSPS) is 11.8. The third kappa shape index (κ3) is 3.26. The highest BCUT2D eigenvalue weighted by atomic mass is 15.0. The van der Waals surface area contributed by atoms with E-state index in [1.54, 1.807) is 0 Å². The van der Waals surface area contributed by atoms with E-state index in [0.717, 1.165) is 23.9 Å². The van der Waals surface area contributed by atoms with Crippen LogP contribution in [0.2, 0.25) is 0 Å². The molecule has 0 N–H and O–H groups in total. The Bertz CT molecular complexity index is 311. The summed E-state index contributed by atoms with van der Waals surface area (Å²) in [6.45, 7) is 10.5. The summed E-state index contributed by atoms with van der Waals surface area (Å²) >= 11 is 0. The zero-order valence-electron chi connectivity index (χ0n) is 10.5. The van der Waals surface area contributed by atoms with Gasteiger partial charge in [-0.25, -0.2) is 15.0 Å². The Labute approximate surface area is 92.4 Å². The first-order chi connectivity index (χ1) is 6.95. The standard InChI is InChI=1S/C12H21N3/c1-6-7-8-12(4,5)11-14-9(2)13-10(3)15-11/h6-8H2,1-5H3. The predicted molar refractivity (Wildman–Crippen MR) is 61.9 cm³/mol. The molecule has 0 aromatic carbocycles. The van der Waals surface area contributed by atoms with Crippen molar-refractivity contribution in [3.63, 3.8) is 0 Å². The van der Waals surface area contributed by atoms with Crippen LogP contribution >= 0.6 is 0 Å². The van der Waals surface area contributed by atoms with E-state index in [-0.39, 0.29) is 5.41 Å². The van der Waals surface area contributed by atoms with E-state index in [4.69, 9.17) is 0 Å². The molecule has 15 heavy (non-hydrogen) atoms. The van der Waals surface area contributed by atoms with Gasteiger partial charge in [-0.3, -0.25) is 0 Å². The lowest BCUT2D eigenvalue weighted by Gasteiger charge is -2.22. The third-order valence-corrected chi connectivity index (χ3v) is 2.62. The lowest BCUT2D eigenvalue weighted by Crippen LogP contribution is -2.22. The number of aryl methyl sites for hydroxylation is 2. The maximum absolute atomic E-state index is 4.44. The van der Waals surface area contributed by atoms with Gasteiger partial charge in [-0.1, -0.05) is 33.6 Å². The number of hydrogen-bond donors (Lipinski definition) is 0. The van der Waals surface area contributed by atoms with Crippen LogP contribution in [0.1, 0.15) is 57.5 Å². The first-order valence-corrected chi connectivity index (χ1v) is 5.65. The third-order valence-electron chi connectivity index (χ3n) is 2.62. The van der Waals surface area contributed by atoms with Crippen LogP contribution in [0.4, 0.5) is 0 Å². The minimum Gasteiger partial charge on any atom is -0.219 e. The van der Waals surface area contributed by atoms with Crippen molar-refractivity contribution in [3.8, 4) is 0 Å². The molecule has 0 fully saturated rings. The fourth-order valence-corrected chi connectivity index (χ4v) is 1.65. The molecule has 0 aliphatic carbocycles. The van der Waals surface area contributed by atoms with Gasteiger partial charge in [0.05, 0.1) is 0 Å². The smallest absolute Gasteiger partial charge is 0.138 e. The molecule has 3 nitrogen and oxygen atoms in total. The highest BCUT2D eigenvalue weighted by molar-refractivity contribution is 5.06. The van der Waals surface area contributed by atoms with Crippen molar-refractivity contribution < 1.29 is 0 Å². The second-order valence-electron chi connectivity index (χ2n) is 4.74. The number of unbranched alkanes of at least 4 members (excludes halogenated alkanes) is 1. The first kappa shape index (κ1) is 12.1. The quantitative estimate of drug-likeness (QED) is 0.762. The van der Waals surface area contributed by atoms with E-state index in [1.807, 2.05) is 13.8 Å². The molecule has 0 atom stereocenters. The average molecular weight is 207 g/mol. The Kier molecular flexibility index (Phi) is 3.77. The molecule has 1 rings (SSSR count). The van der Waals surface area contributed by atoms with Gasteiger partial charge in [0.25, 0.3) is 0 Å². The molecule has 0 saturated carbocycles. The van der Waals surface area contributed by atoms with Gasteiger partial charge in [0, 0.05) is 5.41 Å². The summed E-state index contributed by atoms with van der Waals surface area (Å²) in [7, 11) is 0. The number of rotatable bonds is 4. The Hall–Kier alpha value is -0.990. The van der Waals surface area contributed by atoms with Gasteiger partial charge in [0.1, 0.15) is 17.5 Å². The molecule has 0 spiro atoms. The van der Waals surface area contributed by atoms with E-state index in [2.05, 4.69) is 35.7 Å². The maximum atomic E-state index is 4.44. The first-order valence-electron chi connectivity index (χ1n) is 5.65. The van der Waals surface area contributed by atoms with E-state index >= 15 is 0 Å². The molecule has 0 unspecified atom stereocenters. The van der Waals surface area contributed by atoms with Crippen LogP contribution in [0.25, 0.3) is 0 Å². The molecule has 0 bridgehead atoms. The van der Waals surface area contributed by atoms with Gasteiger partial charge in [-0.2, -0.15) is 0 Å². The average Bonchev–Trinajstić information content (AvgIpc) is 2.13. The lowest BCUT2D eigenvalue weighted by molar-refractivity contribution is 0.427. The van der Waals surface area contributed by atoms with Crippen LogP contribution < -0.4 is 0 Å². The highest BCUT2D eigenvalue weighted by Gasteiger charge is 2.23. The summed E-state index contributed by atoms with van der Waals surface area (Å²) in [5, 5.41) is 0. The van der Waals surface area contributed by atoms with Gasteiger partial charge in [-0.15, -0.1) is 0 Å². The molecule has 84 valence electrons. The number of nitrogens with zero attached hydrogens (tertiary/aromatic N) is 3. The second kappa shape index (κ2) is 4.69. The van der Waals surface area contributed by atoms with Crippen molar-refractivity contribution in [1.82, 2.24) is 15.0 Å². The Morgan fingerprint density at radius 3 is 2.00 bits per heavy atom. The molecular weight excluding hydrogens is 186 g/mol. The minimum absolute atomic E-state index is 0.0640. The van der Waals surface area contributed by atoms with E-state index in [1.165, 1.54) is 12.8 Å². The van der Waals surface area contributed by atoms with Crippen LogP contribution in [0.5, 0.6) is 0 Å². The molecule has 3 heteroatoms. The van der Waals surface area contributed by atoms with E-state index in [0.29, 0.717) is 0 Å². The van der Waals surface area contributed by atoms with Gasteiger partial charge in [0.2, 0.25) is 0 Å². The molecule has 1 heterocycles. The number of hydrogen-bond acceptors (Lipinski definition) is 3. The van der Waals surface area contributed by atoms with E-state index < -0.39 is 0 Å². The van der Waals surface area contributed by atoms with Crippen molar-refractivity contribution >= 4 is 0 Å². The van der Waals surface area contributed by atoms with Crippen molar-refractivity contribution in [3.05, 3.63) is 17.5 Å². The fourth-order valence-electron chi connectivity index (χ4n) is 1.65. The van der Waals surface area contributed by atoms with Crippen LogP contribution in [-0.2, 0) is 5.41 Å². The van der Waals surface area contributed by atoms with Gasteiger partial charge < -0.3 is 0 Å². The van der Waals surface area contributed by atoms with Gasteiger partial charge in [-0.05, 0) is 20.3 Å². The zero-order chi connectivity index (χ0) is 11.5. The maximum Gasteiger partial charge on any atom is 0.138 e. The van der Waals surface area contributed by atoms with Gasteiger partial charge >= 0.3 is 0 Å². The van der Waals surface area contributed by atoms with Crippen LogP contribution in [0, 0.1) is 13.8 Å². The Balaban J connectivity index is 2.93. The summed E-state index contributed by atoms with van der Waals surface area (Å²) < 4.78 is 0. The zero-order valence-corrected chi connectivity index (χ0v) is 10.5. The highest BCUT2D eigenvalue weighted by Crippen LogP contribution is 2.25. The summed E-state index contributed by atoms with van der Waals surface area (Å²) in [4.78, 5) is 13.1. The summed E-state index contributed by atoms with van der Waals surface area (Å²) in [5.74, 6) is 2.57. The van der Waals surface area contributed by atoms with Crippen LogP contribution in [-0.4, -0.2) is 15.0 Å². The molecular formula is C12H21N3. The Morgan fingerprint density at radius 1 is 1.00 bits per heavy atom. The van der Waals surface area contributed by atoms with Crippen LogP contribution in [0.15, 0.2) is 0 Å². The summed E-state index contributed by atoms with van der Waals surface area (Å²) in [5.41, 5.74) is 0.0640. The van der Waals surface area contributed by atoms with E-state index in [9.17, 15) is 0 Å². The molecule has 0 saturated heterocycles. The van der Waals surface area contributed by atoms with Crippen molar-refractivity contribution in [2.75, 3.05) is 0 Å². The van der Waals surface area contributed by atoms with Gasteiger partial charge in [0.15, 0.2) is 0 Å². The largest absolute Gasteiger partial charge is 0.219 e. The Morgan fingerprint density at radius 2 is 1.53 bits per heavy atom. The SMILES string of the molecule is CCCCC(C)(C)c1nc(C)nc(C)n1. The van der Waals surface area contributed by atoms with Crippen molar-refractivity contribution in [2.24, 2.45) is 0 Å². The molecule has 1 aromatic rings. The molecule has 0 radical (unpaired) electrons. The molecule has 0 aliphatic heterocycles. The van der Waals surface area contributed by atoms with Crippen LogP contribution in [0.3, 0.4) is 0 Å². The number of aromatic nitrogens is 3. The minimum atomic E-state index is 0.0640. The fraction of sp³-hybridized carbons (Fsp3) is 0.750. The van der Waals surface area contributed by atoms with Crippen molar-refractivity contribution in [1.29, 1.82) is 0 Å². The monoisotopic (exact) mass is 207 g/mol. The molecule has 0 aliphatic rings. The predicted octanol–water partition coefficient (Wildman–Crippen LogP) is 2.96. The topological polar surface area (TPSA) is 38.7 Å². The summed E-state index contributed by atoms with van der Waals surface area (Å²) in [6, 6.07) is 0. The summed E-state index contributed by atoms with van der Waals surface area (Å²) in [6.07, 6.45) is 3.57. The lowest BCUT2D eigenvalue weighted by atomic mass is 9.86. The molecule has 0 amide bonds.